The van der Waals surface area contributed by atoms with Crippen molar-refractivity contribution in [2.75, 3.05) is 11.5 Å². The summed E-state index contributed by atoms with van der Waals surface area (Å²) in [4.78, 5) is 9.83. The molecule has 1 rings (SSSR count). The van der Waals surface area contributed by atoms with Crippen molar-refractivity contribution in [1.29, 1.82) is 0 Å². The second-order valence-corrected chi connectivity index (χ2v) is 2.61. The molecule has 0 aromatic rings. The first kappa shape index (κ1) is 4.95. The Morgan fingerprint density at radius 1 is 1.71 bits per heavy atom. The summed E-state index contributed by atoms with van der Waals surface area (Å²) >= 11 is 1.81. The van der Waals surface area contributed by atoms with Gasteiger partial charge in [0.05, 0.1) is 0 Å². The summed E-state index contributed by atoms with van der Waals surface area (Å²) in [5, 5.41) is 0. The van der Waals surface area contributed by atoms with E-state index >= 15 is 0 Å². The lowest BCUT2D eigenvalue weighted by molar-refractivity contribution is 0.566. The molecule has 1 nitrogen and oxygen atoms in total. The van der Waals surface area contributed by atoms with Crippen LogP contribution in [0.2, 0.25) is 0 Å². The Balaban J connectivity index is 2.57. The Labute approximate surface area is 46.8 Å². The van der Waals surface area contributed by atoms with Crippen LogP contribution in [0.4, 0.5) is 0 Å². The van der Waals surface area contributed by atoms with Gasteiger partial charge in [-0.1, -0.05) is 0 Å². The van der Waals surface area contributed by atoms with Gasteiger partial charge in [0.15, 0.2) is 0 Å². The van der Waals surface area contributed by atoms with Crippen LogP contribution in [0.3, 0.4) is 0 Å². The predicted molar refractivity (Wildman–Crippen MR) is 31.1 cm³/mol. The Hall–Kier alpha value is -0.200. The molecular weight excluding hydrogens is 108 g/mol. The minimum absolute atomic E-state index is 0.920. The highest BCUT2D eigenvalue weighted by Crippen LogP contribution is 2.19. The van der Waals surface area contributed by atoms with Crippen LogP contribution in [0.1, 0.15) is 6.42 Å². The highest BCUT2D eigenvalue weighted by molar-refractivity contribution is 7.99. The van der Waals surface area contributed by atoms with E-state index in [0.29, 0.717) is 0 Å². The molecule has 0 unspecified atom stereocenters. The van der Waals surface area contributed by atoms with E-state index in [1.807, 2.05) is 17.7 Å². The zero-order valence-electron chi connectivity index (χ0n) is 3.94. The normalized spacial score (nSPS) is 19.7. The molecule has 0 amide bonds. The molecule has 0 radical (unpaired) electrons. The van der Waals surface area contributed by atoms with Crippen molar-refractivity contribution in [1.82, 2.24) is 0 Å². The molecule has 0 aromatic heterocycles. The third-order valence-electron chi connectivity index (χ3n) is 0.969. The molecule has 0 atom stereocenters. The van der Waals surface area contributed by atoms with Crippen molar-refractivity contribution in [3.05, 3.63) is 5.57 Å². The fraction of sp³-hybridized carbons (Fsp3) is 0.600. The van der Waals surface area contributed by atoms with E-state index in [-0.39, 0.29) is 0 Å². The SMILES string of the molecule is O=C=C1CCSC1. The van der Waals surface area contributed by atoms with E-state index < -0.39 is 0 Å². The van der Waals surface area contributed by atoms with Crippen LogP contribution in [0.5, 0.6) is 0 Å². The van der Waals surface area contributed by atoms with Crippen LogP contribution in [-0.4, -0.2) is 17.4 Å². The number of hydrogen-bond acceptors (Lipinski definition) is 2. The lowest BCUT2D eigenvalue weighted by atomic mass is 10.3. The number of thioether (sulfide) groups is 1. The maximum absolute atomic E-state index is 9.83. The molecule has 1 fully saturated rings. The largest absolute Gasteiger partial charge is 0.234 e. The van der Waals surface area contributed by atoms with Crippen molar-refractivity contribution in [2.45, 2.75) is 6.42 Å². The molecule has 0 saturated carbocycles. The third kappa shape index (κ3) is 1.08. The van der Waals surface area contributed by atoms with E-state index in [1.165, 1.54) is 0 Å². The van der Waals surface area contributed by atoms with Gasteiger partial charge in [0.1, 0.15) is 5.94 Å². The van der Waals surface area contributed by atoms with E-state index in [2.05, 4.69) is 0 Å². The minimum Gasteiger partial charge on any atom is -0.234 e. The highest BCUT2D eigenvalue weighted by atomic mass is 32.2. The third-order valence-corrected chi connectivity index (χ3v) is 2.01. The van der Waals surface area contributed by atoms with E-state index in [1.54, 1.807) is 0 Å². The average Bonchev–Trinajstić information content (AvgIpc) is 2.14. The Morgan fingerprint density at radius 2 is 2.57 bits per heavy atom. The molecule has 1 aliphatic rings. The molecule has 1 heterocycles. The summed E-state index contributed by atoms with van der Waals surface area (Å²) in [5.74, 6) is 3.95. The van der Waals surface area contributed by atoms with Gasteiger partial charge in [0, 0.05) is 11.3 Å². The predicted octanol–water partition coefficient (Wildman–Crippen LogP) is 0.881. The van der Waals surface area contributed by atoms with Crippen LogP contribution in [0.15, 0.2) is 5.57 Å². The Bertz CT molecular complexity index is 105. The molecule has 0 aromatic carbocycles. The smallest absolute Gasteiger partial charge is 0.124 e. The van der Waals surface area contributed by atoms with Gasteiger partial charge in [-0.05, 0) is 12.2 Å². The lowest BCUT2D eigenvalue weighted by Crippen LogP contribution is -1.75. The molecule has 0 bridgehead atoms. The van der Waals surface area contributed by atoms with Gasteiger partial charge < -0.3 is 0 Å². The van der Waals surface area contributed by atoms with Crippen LogP contribution >= 0.6 is 11.8 Å². The van der Waals surface area contributed by atoms with Crippen molar-refractivity contribution in [3.63, 3.8) is 0 Å². The summed E-state index contributed by atoms with van der Waals surface area (Å²) in [5.41, 5.74) is 0.949. The second-order valence-electron chi connectivity index (χ2n) is 1.51. The van der Waals surface area contributed by atoms with E-state index in [9.17, 15) is 4.79 Å². The maximum Gasteiger partial charge on any atom is 0.124 e. The molecule has 2 heteroatoms. The molecule has 38 valence electrons. The van der Waals surface area contributed by atoms with E-state index in [4.69, 9.17) is 0 Å². The monoisotopic (exact) mass is 114 g/mol. The van der Waals surface area contributed by atoms with Crippen LogP contribution in [0, 0.1) is 0 Å². The summed E-state index contributed by atoms with van der Waals surface area (Å²) < 4.78 is 0. The van der Waals surface area contributed by atoms with Crippen molar-refractivity contribution in [3.8, 4) is 0 Å². The first-order valence-electron chi connectivity index (χ1n) is 2.24. The average molecular weight is 114 g/mol. The Morgan fingerprint density at radius 3 is 2.86 bits per heavy atom. The quantitative estimate of drug-likeness (QED) is 0.435. The zero-order chi connectivity index (χ0) is 5.11. The first-order valence-corrected chi connectivity index (χ1v) is 3.39. The summed E-state index contributed by atoms with van der Waals surface area (Å²) in [6.45, 7) is 0. The number of rotatable bonds is 0. The molecular formula is C5H6OS. The molecule has 7 heavy (non-hydrogen) atoms. The van der Waals surface area contributed by atoms with Gasteiger partial charge >= 0.3 is 0 Å². The van der Waals surface area contributed by atoms with Crippen LogP contribution < -0.4 is 0 Å². The minimum atomic E-state index is 0.920. The van der Waals surface area contributed by atoms with Crippen LogP contribution in [0.25, 0.3) is 0 Å². The van der Waals surface area contributed by atoms with Crippen LogP contribution in [-0.2, 0) is 4.79 Å². The van der Waals surface area contributed by atoms with Gasteiger partial charge in [-0.25, -0.2) is 4.79 Å². The summed E-state index contributed by atoms with van der Waals surface area (Å²) in [7, 11) is 0. The van der Waals surface area contributed by atoms with Crippen molar-refractivity contribution < 1.29 is 4.79 Å². The fourth-order valence-corrected chi connectivity index (χ4v) is 1.53. The van der Waals surface area contributed by atoms with Gasteiger partial charge in [0.2, 0.25) is 0 Å². The Kier molecular flexibility index (Phi) is 1.55. The molecule has 0 aliphatic carbocycles. The van der Waals surface area contributed by atoms with Gasteiger partial charge in [-0.2, -0.15) is 11.8 Å². The first-order chi connectivity index (χ1) is 3.43. The molecule has 1 aliphatic heterocycles. The maximum atomic E-state index is 9.83. The molecule has 1 saturated heterocycles. The highest BCUT2D eigenvalue weighted by Gasteiger charge is 2.05. The number of hydrogen-bond donors (Lipinski definition) is 0. The fourth-order valence-electron chi connectivity index (χ4n) is 0.543. The van der Waals surface area contributed by atoms with Gasteiger partial charge in [-0.3, -0.25) is 0 Å². The zero-order valence-corrected chi connectivity index (χ0v) is 4.75. The van der Waals surface area contributed by atoms with Gasteiger partial charge in [-0.15, -0.1) is 0 Å². The topological polar surface area (TPSA) is 17.1 Å². The van der Waals surface area contributed by atoms with Crippen molar-refractivity contribution in [2.24, 2.45) is 0 Å². The van der Waals surface area contributed by atoms with E-state index in [0.717, 1.165) is 23.5 Å². The second kappa shape index (κ2) is 2.20. The van der Waals surface area contributed by atoms with Crippen molar-refractivity contribution >= 4 is 17.7 Å². The standard InChI is InChI=1S/C5H6OS/c6-3-5-1-2-7-4-5/h1-2,4H2. The summed E-state index contributed by atoms with van der Waals surface area (Å²) in [6.07, 6.45) is 0.966. The molecule has 0 spiro atoms. The molecule has 0 N–H and O–H groups in total. The van der Waals surface area contributed by atoms with Gasteiger partial charge in [0.25, 0.3) is 0 Å². The summed E-state index contributed by atoms with van der Waals surface area (Å²) in [6, 6.07) is 0. The number of carbonyl (C=O) groups excluding carboxylic acids is 1. The lowest BCUT2D eigenvalue weighted by Gasteiger charge is -1.75.